The van der Waals surface area contributed by atoms with Crippen LogP contribution in [0.5, 0.6) is 0 Å². The number of benzene rings is 1. The van der Waals surface area contributed by atoms with Crippen molar-refractivity contribution in [2.75, 3.05) is 53.2 Å². The van der Waals surface area contributed by atoms with Gasteiger partial charge in [-0.25, -0.2) is 4.39 Å². The number of amides is 1. The minimum atomic E-state index is -0.444. The number of methoxy groups -OCH3 is 1. The highest BCUT2D eigenvalue weighted by atomic mass is 19.1. The maximum absolute atomic E-state index is 13.1. The van der Waals surface area contributed by atoms with Crippen LogP contribution in [-0.4, -0.2) is 63.2 Å². The van der Waals surface area contributed by atoms with E-state index >= 15 is 0 Å². The lowest BCUT2D eigenvalue weighted by Crippen LogP contribution is -2.36. The summed E-state index contributed by atoms with van der Waals surface area (Å²) < 4.78 is 18.1. The van der Waals surface area contributed by atoms with E-state index in [-0.39, 0.29) is 11.6 Å². The number of nitrogens with two attached hydrogens (primary N) is 1. The Bertz CT molecular complexity index is 466. The SMILES string of the molecule is COCCN(CCCN(C)C)C(=O)c1ccc(F)cc1N. The summed E-state index contributed by atoms with van der Waals surface area (Å²) in [5.74, 6) is -0.636. The van der Waals surface area contributed by atoms with Gasteiger partial charge in [0.15, 0.2) is 0 Å². The number of ether oxygens (including phenoxy) is 1. The highest BCUT2D eigenvalue weighted by molar-refractivity contribution is 5.99. The minimum Gasteiger partial charge on any atom is -0.398 e. The molecule has 21 heavy (non-hydrogen) atoms. The zero-order valence-electron chi connectivity index (χ0n) is 12.9. The van der Waals surface area contributed by atoms with Crippen molar-refractivity contribution in [1.29, 1.82) is 0 Å². The third kappa shape index (κ3) is 5.69. The van der Waals surface area contributed by atoms with Crippen molar-refractivity contribution in [3.8, 4) is 0 Å². The Morgan fingerprint density at radius 1 is 1.29 bits per heavy atom. The predicted molar refractivity (Wildman–Crippen MR) is 81.8 cm³/mol. The third-order valence-electron chi connectivity index (χ3n) is 3.13. The van der Waals surface area contributed by atoms with Crippen molar-refractivity contribution < 1.29 is 13.9 Å². The van der Waals surface area contributed by atoms with Crippen LogP contribution < -0.4 is 5.73 Å². The van der Waals surface area contributed by atoms with Gasteiger partial charge in [-0.2, -0.15) is 0 Å². The van der Waals surface area contributed by atoms with E-state index in [1.54, 1.807) is 12.0 Å². The van der Waals surface area contributed by atoms with Crippen LogP contribution in [0.4, 0.5) is 10.1 Å². The van der Waals surface area contributed by atoms with Crippen molar-refractivity contribution in [3.05, 3.63) is 29.6 Å². The molecule has 0 unspecified atom stereocenters. The molecule has 0 spiro atoms. The zero-order chi connectivity index (χ0) is 15.8. The molecule has 6 heteroatoms. The van der Waals surface area contributed by atoms with E-state index in [0.717, 1.165) is 13.0 Å². The molecule has 1 aromatic rings. The lowest BCUT2D eigenvalue weighted by molar-refractivity contribution is 0.0690. The second-order valence-corrected chi connectivity index (χ2v) is 5.17. The summed E-state index contributed by atoms with van der Waals surface area (Å²) in [5, 5.41) is 0. The average molecular weight is 297 g/mol. The van der Waals surface area contributed by atoms with Gasteiger partial charge in [0.2, 0.25) is 0 Å². The number of halogens is 1. The van der Waals surface area contributed by atoms with Crippen molar-refractivity contribution in [1.82, 2.24) is 9.80 Å². The summed E-state index contributed by atoms with van der Waals surface area (Å²) in [6.45, 7) is 2.43. The van der Waals surface area contributed by atoms with E-state index in [1.807, 2.05) is 14.1 Å². The van der Waals surface area contributed by atoms with Gasteiger partial charge in [0.05, 0.1) is 12.2 Å². The molecule has 0 aliphatic rings. The van der Waals surface area contributed by atoms with Crippen LogP contribution in [-0.2, 0) is 4.74 Å². The van der Waals surface area contributed by atoms with E-state index < -0.39 is 5.82 Å². The first kappa shape index (κ1) is 17.4. The van der Waals surface area contributed by atoms with E-state index in [2.05, 4.69) is 4.90 Å². The van der Waals surface area contributed by atoms with Crippen LogP contribution in [0, 0.1) is 5.82 Å². The van der Waals surface area contributed by atoms with Crippen LogP contribution in [0.25, 0.3) is 0 Å². The lowest BCUT2D eigenvalue weighted by Gasteiger charge is -2.24. The highest BCUT2D eigenvalue weighted by Gasteiger charge is 2.18. The molecule has 5 nitrogen and oxygen atoms in total. The summed E-state index contributed by atoms with van der Waals surface area (Å²) in [4.78, 5) is 16.3. The molecule has 0 radical (unpaired) electrons. The molecule has 0 aliphatic carbocycles. The summed E-state index contributed by atoms with van der Waals surface area (Å²) in [6.07, 6.45) is 0.851. The first-order valence-corrected chi connectivity index (χ1v) is 6.93. The summed E-state index contributed by atoms with van der Waals surface area (Å²) in [6, 6.07) is 3.85. The van der Waals surface area contributed by atoms with Gasteiger partial charge >= 0.3 is 0 Å². The molecule has 0 atom stereocenters. The van der Waals surface area contributed by atoms with E-state index in [1.165, 1.54) is 18.2 Å². The predicted octanol–water partition coefficient (Wildman–Crippen LogP) is 1.45. The van der Waals surface area contributed by atoms with Crippen molar-refractivity contribution in [2.24, 2.45) is 0 Å². The number of carbonyl (C=O) groups excluding carboxylic acids is 1. The fourth-order valence-electron chi connectivity index (χ4n) is 1.99. The average Bonchev–Trinajstić information content (AvgIpc) is 2.41. The van der Waals surface area contributed by atoms with Gasteiger partial charge in [-0.15, -0.1) is 0 Å². The van der Waals surface area contributed by atoms with E-state index in [9.17, 15) is 9.18 Å². The molecular weight excluding hydrogens is 273 g/mol. The molecule has 0 aromatic heterocycles. The van der Waals surface area contributed by atoms with Gasteiger partial charge < -0.3 is 20.3 Å². The Morgan fingerprint density at radius 2 is 2.00 bits per heavy atom. The Morgan fingerprint density at radius 3 is 2.57 bits per heavy atom. The lowest BCUT2D eigenvalue weighted by atomic mass is 10.1. The first-order chi connectivity index (χ1) is 9.95. The van der Waals surface area contributed by atoms with E-state index in [4.69, 9.17) is 10.5 Å². The topological polar surface area (TPSA) is 58.8 Å². The number of anilines is 1. The number of carbonyl (C=O) groups is 1. The fraction of sp³-hybridized carbons (Fsp3) is 0.533. The Balaban J connectivity index is 2.77. The summed E-state index contributed by atoms with van der Waals surface area (Å²) in [7, 11) is 5.56. The first-order valence-electron chi connectivity index (χ1n) is 6.93. The quantitative estimate of drug-likeness (QED) is 0.738. The minimum absolute atomic E-state index is 0.162. The van der Waals surface area contributed by atoms with Crippen LogP contribution >= 0.6 is 0 Å². The standard InChI is InChI=1S/C15H24FN3O2/c1-18(2)7-4-8-19(9-10-21-3)15(20)13-6-5-12(16)11-14(13)17/h5-6,11H,4,7-10,17H2,1-3H3. The third-order valence-corrected chi connectivity index (χ3v) is 3.13. The summed E-state index contributed by atoms with van der Waals surface area (Å²) >= 11 is 0. The van der Waals surface area contributed by atoms with Crippen molar-refractivity contribution in [3.63, 3.8) is 0 Å². The van der Waals surface area contributed by atoms with Gasteiger partial charge in [-0.3, -0.25) is 4.79 Å². The Kier molecular flexibility index (Phi) is 7.11. The van der Waals surface area contributed by atoms with Gasteiger partial charge in [0.1, 0.15) is 5.82 Å². The smallest absolute Gasteiger partial charge is 0.256 e. The molecule has 0 aliphatic heterocycles. The molecule has 1 aromatic carbocycles. The van der Waals surface area contributed by atoms with Gasteiger partial charge in [0, 0.05) is 25.9 Å². The summed E-state index contributed by atoms with van der Waals surface area (Å²) in [5.41, 5.74) is 6.23. The zero-order valence-corrected chi connectivity index (χ0v) is 12.9. The number of rotatable bonds is 8. The van der Waals surface area contributed by atoms with Crippen LogP contribution in [0.1, 0.15) is 16.8 Å². The van der Waals surface area contributed by atoms with Gasteiger partial charge in [0.25, 0.3) is 5.91 Å². The fourth-order valence-corrected chi connectivity index (χ4v) is 1.99. The second-order valence-electron chi connectivity index (χ2n) is 5.17. The number of nitrogens with zero attached hydrogens (tertiary/aromatic N) is 2. The van der Waals surface area contributed by atoms with Gasteiger partial charge in [-0.1, -0.05) is 0 Å². The molecule has 0 heterocycles. The van der Waals surface area contributed by atoms with Crippen LogP contribution in [0.3, 0.4) is 0 Å². The molecule has 118 valence electrons. The van der Waals surface area contributed by atoms with Crippen molar-refractivity contribution in [2.45, 2.75) is 6.42 Å². The molecule has 1 amide bonds. The second kappa shape index (κ2) is 8.59. The Labute approximate surface area is 125 Å². The monoisotopic (exact) mass is 297 g/mol. The van der Waals surface area contributed by atoms with Crippen LogP contribution in [0.15, 0.2) is 18.2 Å². The Hall–Kier alpha value is -1.66. The normalized spacial score (nSPS) is 10.9. The van der Waals surface area contributed by atoms with Crippen molar-refractivity contribution >= 4 is 11.6 Å². The maximum atomic E-state index is 13.1. The number of hydrogen-bond acceptors (Lipinski definition) is 4. The largest absolute Gasteiger partial charge is 0.398 e. The molecule has 1 rings (SSSR count). The molecular formula is C15H24FN3O2. The van der Waals surface area contributed by atoms with Crippen LogP contribution in [0.2, 0.25) is 0 Å². The maximum Gasteiger partial charge on any atom is 0.256 e. The molecule has 0 saturated carbocycles. The molecule has 2 N–H and O–H groups in total. The number of hydrogen-bond donors (Lipinski definition) is 1. The van der Waals surface area contributed by atoms with E-state index in [0.29, 0.717) is 25.3 Å². The van der Waals surface area contributed by atoms with Gasteiger partial charge in [-0.05, 0) is 45.3 Å². The number of nitrogen functional groups attached to an aromatic ring is 1. The molecule has 0 bridgehead atoms. The highest BCUT2D eigenvalue weighted by Crippen LogP contribution is 2.16. The molecule has 0 fully saturated rings. The molecule has 0 saturated heterocycles.